The zero-order valence-electron chi connectivity index (χ0n) is 17.1. The number of anilines is 3. The Morgan fingerprint density at radius 2 is 1.64 bits per heavy atom. The van der Waals surface area contributed by atoms with E-state index in [4.69, 9.17) is 0 Å². The van der Waals surface area contributed by atoms with E-state index >= 15 is 0 Å². The first-order valence-electron chi connectivity index (χ1n) is 9.90. The summed E-state index contributed by atoms with van der Waals surface area (Å²) in [6.07, 6.45) is 0. The molecule has 1 atom stereocenters. The SMILES string of the molecule is CC(CNC(=O)Nc1ccccc1N(C)C)N1CCN(c2ccccc2)CC1. The average molecular weight is 382 g/mol. The van der Waals surface area contributed by atoms with Crippen molar-refractivity contribution in [3.05, 3.63) is 54.6 Å². The Morgan fingerprint density at radius 1 is 1.00 bits per heavy atom. The van der Waals surface area contributed by atoms with Crippen LogP contribution in [0, 0.1) is 0 Å². The number of piperazine rings is 1. The molecule has 0 bridgehead atoms. The van der Waals surface area contributed by atoms with Crippen molar-refractivity contribution in [3.8, 4) is 0 Å². The maximum absolute atomic E-state index is 12.3. The maximum Gasteiger partial charge on any atom is 0.319 e. The largest absolute Gasteiger partial charge is 0.376 e. The molecule has 1 aliphatic heterocycles. The number of carbonyl (C=O) groups is 1. The Labute approximate surface area is 168 Å². The van der Waals surface area contributed by atoms with E-state index in [1.807, 2.05) is 43.3 Å². The first-order chi connectivity index (χ1) is 13.5. The van der Waals surface area contributed by atoms with Crippen molar-refractivity contribution in [2.24, 2.45) is 0 Å². The number of rotatable bonds is 6. The zero-order chi connectivity index (χ0) is 19.9. The van der Waals surface area contributed by atoms with Gasteiger partial charge in [-0.25, -0.2) is 4.79 Å². The van der Waals surface area contributed by atoms with Crippen LogP contribution in [0.1, 0.15) is 6.92 Å². The quantitative estimate of drug-likeness (QED) is 0.807. The summed E-state index contributed by atoms with van der Waals surface area (Å²) in [4.78, 5) is 19.2. The number of hydrogen-bond acceptors (Lipinski definition) is 4. The van der Waals surface area contributed by atoms with Gasteiger partial charge in [-0.1, -0.05) is 30.3 Å². The molecule has 1 fully saturated rings. The van der Waals surface area contributed by atoms with E-state index in [0.29, 0.717) is 12.6 Å². The highest BCUT2D eigenvalue weighted by molar-refractivity contribution is 5.93. The molecule has 0 aliphatic carbocycles. The van der Waals surface area contributed by atoms with Gasteiger partial charge in [0.25, 0.3) is 0 Å². The standard InChI is InChI=1S/C22H31N5O/c1-18(26-13-15-27(16-14-26)19-9-5-4-6-10-19)17-23-22(28)24-20-11-7-8-12-21(20)25(2)3/h4-12,18H,13-17H2,1-3H3,(H2,23,24,28). The molecule has 1 saturated heterocycles. The Bertz CT molecular complexity index is 757. The Balaban J connectivity index is 1.44. The van der Waals surface area contributed by atoms with Crippen molar-refractivity contribution >= 4 is 23.1 Å². The van der Waals surface area contributed by atoms with Crippen LogP contribution in [0.5, 0.6) is 0 Å². The lowest BCUT2D eigenvalue weighted by atomic mass is 10.2. The number of benzene rings is 2. The van der Waals surface area contributed by atoms with E-state index in [1.54, 1.807) is 0 Å². The van der Waals surface area contributed by atoms with Crippen LogP contribution in [0.2, 0.25) is 0 Å². The highest BCUT2D eigenvalue weighted by atomic mass is 16.2. The molecule has 2 aromatic rings. The molecule has 2 amide bonds. The maximum atomic E-state index is 12.3. The van der Waals surface area contributed by atoms with Crippen molar-refractivity contribution in [1.29, 1.82) is 0 Å². The van der Waals surface area contributed by atoms with E-state index in [0.717, 1.165) is 37.6 Å². The van der Waals surface area contributed by atoms with Crippen molar-refractivity contribution in [2.75, 3.05) is 61.9 Å². The van der Waals surface area contributed by atoms with Crippen molar-refractivity contribution in [1.82, 2.24) is 10.2 Å². The van der Waals surface area contributed by atoms with Gasteiger partial charge in [0.1, 0.15) is 0 Å². The van der Waals surface area contributed by atoms with Crippen LogP contribution in [0.4, 0.5) is 21.9 Å². The number of carbonyl (C=O) groups excluding carboxylic acids is 1. The second kappa shape index (κ2) is 9.46. The minimum Gasteiger partial charge on any atom is -0.376 e. The monoisotopic (exact) mass is 381 g/mol. The van der Waals surface area contributed by atoms with Crippen LogP contribution in [0.3, 0.4) is 0 Å². The van der Waals surface area contributed by atoms with Crippen molar-refractivity contribution in [2.45, 2.75) is 13.0 Å². The highest BCUT2D eigenvalue weighted by Gasteiger charge is 2.21. The fourth-order valence-electron chi connectivity index (χ4n) is 3.57. The summed E-state index contributed by atoms with van der Waals surface area (Å²) in [5, 5.41) is 5.97. The van der Waals surface area contributed by atoms with Crippen LogP contribution in [-0.4, -0.2) is 63.8 Å². The first-order valence-corrected chi connectivity index (χ1v) is 9.90. The van der Waals surface area contributed by atoms with Gasteiger partial charge in [-0.15, -0.1) is 0 Å². The summed E-state index contributed by atoms with van der Waals surface area (Å²) in [6.45, 7) is 6.83. The summed E-state index contributed by atoms with van der Waals surface area (Å²) in [7, 11) is 3.94. The summed E-state index contributed by atoms with van der Waals surface area (Å²) >= 11 is 0. The third-order valence-electron chi connectivity index (χ3n) is 5.25. The van der Waals surface area contributed by atoms with Gasteiger partial charge in [0, 0.05) is 58.5 Å². The third kappa shape index (κ3) is 5.16. The molecule has 1 unspecified atom stereocenters. The van der Waals surface area contributed by atoms with Gasteiger partial charge in [-0.05, 0) is 31.2 Å². The van der Waals surface area contributed by atoms with Gasteiger partial charge in [0.2, 0.25) is 0 Å². The Morgan fingerprint density at radius 3 is 2.32 bits per heavy atom. The van der Waals surface area contributed by atoms with Crippen LogP contribution in [0.15, 0.2) is 54.6 Å². The predicted molar refractivity (Wildman–Crippen MR) is 117 cm³/mol. The second-order valence-electron chi connectivity index (χ2n) is 7.45. The number of para-hydroxylation sites is 3. The highest BCUT2D eigenvalue weighted by Crippen LogP contribution is 2.23. The van der Waals surface area contributed by atoms with Crippen molar-refractivity contribution < 1.29 is 4.79 Å². The van der Waals surface area contributed by atoms with E-state index < -0.39 is 0 Å². The molecule has 28 heavy (non-hydrogen) atoms. The molecule has 3 rings (SSSR count). The molecule has 2 aromatic carbocycles. The summed E-state index contributed by atoms with van der Waals surface area (Å²) in [5.41, 5.74) is 3.09. The Kier molecular flexibility index (Phi) is 6.76. The fraction of sp³-hybridized carbons (Fsp3) is 0.409. The van der Waals surface area contributed by atoms with E-state index in [1.165, 1.54) is 5.69 Å². The number of nitrogens with one attached hydrogen (secondary N) is 2. The van der Waals surface area contributed by atoms with Gasteiger partial charge >= 0.3 is 6.03 Å². The number of hydrogen-bond donors (Lipinski definition) is 2. The first kappa shape index (κ1) is 20.0. The van der Waals surface area contributed by atoms with Crippen LogP contribution < -0.4 is 20.4 Å². The number of amides is 2. The van der Waals surface area contributed by atoms with Crippen LogP contribution in [-0.2, 0) is 0 Å². The number of nitrogens with zero attached hydrogens (tertiary/aromatic N) is 3. The third-order valence-corrected chi connectivity index (χ3v) is 5.25. The molecule has 6 heteroatoms. The summed E-state index contributed by atoms with van der Waals surface area (Å²) < 4.78 is 0. The van der Waals surface area contributed by atoms with Crippen LogP contribution in [0.25, 0.3) is 0 Å². The molecule has 2 N–H and O–H groups in total. The molecule has 0 aromatic heterocycles. The minimum atomic E-state index is -0.163. The van der Waals surface area contributed by atoms with E-state index in [2.05, 4.69) is 57.7 Å². The zero-order valence-corrected chi connectivity index (χ0v) is 17.1. The van der Waals surface area contributed by atoms with Crippen LogP contribution >= 0.6 is 0 Å². The predicted octanol–water partition coefficient (Wildman–Crippen LogP) is 3.08. The smallest absolute Gasteiger partial charge is 0.319 e. The van der Waals surface area contributed by atoms with Gasteiger partial charge in [0.05, 0.1) is 11.4 Å². The molecule has 1 aliphatic rings. The lowest BCUT2D eigenvalue weighted by Crippen LogP contribution is -2.52. The second-order valence-corrected chi connectivity index (χ2v) is 7.45. The average Bonchev–Trinajstić information content (AvgIpc) is 2.73. The Hall–Kier alpha value is -2.73. The molecular formula is C22H31N5O. The van der Waals surface area contributed by atoms with Gasteiger partial charge in [-0.3, -0.25) is 4.90 Å². The number of urea groups is 1. The van der Waals surface area contributed by atoms with Crippen molar-refractivity contribution in [3.63, 3.8) is 0 Å². The lowest BCUT2D eigenvalue weighted by molar-refractivity contribution is 0.192. The fourth-order valence-corrected chi connectivity index (χ4v) is 3.57. The molecule has 150 valence electrons. The molecule has 0 spiro atoms. The van der Waals surface area contributed by atoms with E-state index in [9.17, 15) is 4.79 Å². The molecule has 6 nitrogen and oxygen atoms in total. The molecule has 0 saturated carbocycles. The molecular weight excluding hydrogens is 350 g/mol. The molecule has 0 radical (unpaired) electrons. The molecule has 1 heterocycles. The van der Waals surface area contributed by atoms with E-state index in [-0.39, 0.29) is 6.03 Å². The topological polar surface area (TPSA) is 50.9 Å². The minimum absolute atomic E-state index is 0.163. The summed E-state index contributed by atoms with van der Waals surface area (Å²) in [5.74, 6) is 0. The lowest BCUT2D eigenvalue weighted by Gasteiger charge is -2.39. The van der Waals surface area contributed by atoms with Gasteiger partial charge < -0.3 is 20.4 Å². The van der Waals surface area contributed by atoms with Gasteiger partial charge in [-0.2, -0.15) is 0 Å². The normalized spacial score (nSPS) is 15.8. The van der Waals surface area contributed by atoms with Gasteiger partial charge in [0.15, 0.2) is 0 Å². The summed E-state index contributed by atoms with van der Waals surface area (Å²) in [6, 6.07) is 18.5.